The highest BCUT2D eigenvalue weighted by Gasteiger charge is 2.18. The van der Waals surface area contributed by atoms with E-state index in [4.69, 9.17) is 4.74 Å². The Balaban J connectivity index is 2.02. The summed E-state index contributed by atoms with van der Waals surface area (Å²) in [5.41, 5.74) is 3.30. The van der Waals surface area contributed by atoms with E-state index in [0.29, 0.717) is 26.0 Å². The van der Waals surface area contributed by atoms with E-state index in [2.05, 4.69) is 6.07 Å². The highest BCUT2D eigenvalue weighted by atomic mass is 16.5. The number of carbonyl (C=O) groups is 2. The molecule has 2 aromatic carbocycles. The molecule has 0 atom stereocenters. The number of esters is 1. The van der Waals surface area contributed by atoms with E-state index in [1.165, 1.54) is 5.56 Å². The van der Waals surface area contributed by atoms with E-state index in [-0.39, 0.29) is 18.4 Å². The minimum Gasteiger partial charge on any atom is -0.465 e. The van der Waals surface area contributed by atoms with E-state index < -0.39 is 0 Å². The number of rotatable bonds is 8. The second kappa shape index (κ2) is 9.62. The lowest BCUT2D eigenvalue weighted by atomic mass is 10.1. The Morgan fingerprint density at radius 2 is 1.72 bits per heavy atom. The second-order valence-corrected chi connectivity index (χ2v) is 6.03. The van der Waals surface area contributed by atoms with Crippen molar-refractivity contribution in [1.29, 1.82) is 0 Å². The first-order valence-electron chi connectivity index (χ1n) is 8.61. The average molecular weight is 339 g/mol. The van der Waals surface area contributed by atoms with Crippen molar-refractivity contribution in [2.45, 2.75) is 33.2 Å². The van der Waals surface area contributed by atoms with Crippen molar-refractivity contribution < 1.29 is 14.3 Å². The van der Waals surface area contributed by atoms with Gasteiger partial charge < -0.3 is 9.64 Å². The molecule has 0 bridgehead atoms. The summed E-state index contributed by atoms with van der Waals surface area (Å²) in [4.78, 5) is 26.1. The Morgan fingerprint density at radius 3 is 2.40 bits per heavy atom. The van der Waals surface area contributed by atoms with Gasteiger partial charge in [0.1, 0.15) is 6.54 Å². The van der Waals surface area contributed by atoms with Gasteiger partial charge in [0.15, 0.2) is 0 Å². The SMILES string of the molecule is CCOC(=O)CN(Cc1ccccc1)C(=O)CCc1cccc(C)c1. The number of hydrogen-bond donors (Lipinski definition) is 0. The zero-order valence-corrected chi connectivity index (χ0v) is 14.9. The molecule has 2 rings (SSSR count). The molecule has 132 valence electrons. The van der Waals surface area contributed by atoms with Crippen LogP contribution in [0.5, 0.6) is 0 Å². The van der Waals surface area contributed by atoms with E-state index in [1.807, 2.05) is 55.5 Å². The van der Waals surface area contributed by atoms with Crippen LogP contribution in [0.15, 0.2) is 54.6 Å². The maximum Gasteiger partial charge on any atom is 0.325 e. The molecule has 0 aliphatic carbocycles. The largest absolute Gasteiger partial charge is 0.465 e. The first-order valence-corrected chi connectivity index (χ1v) is 8.61. The van der Waals surface area contributed by atoms with Gasteiger partial charge in [-0.25, -0.2) is 0 Å². The van der Waals surface area contributed by atoms with Crippen molar-refractivity contribution in [2.24, 2.45) is 0 Å². The quantitative estimate of drug-likeness (QED) is 0.691. The number of aryl methyl sites for hydroxylation is 2. The first kappa shape index (κ1) is 18.7. The number of carbonyl (C=O) groups excluding carboxylic acids is 2. The summed E-state index contributed by atoms with van der Waals surface area (Å²) in [6, 6.07) is 17.8. The fourth-order valence-corrected chi connectivity index (χ4v) is 2.68. The Bertz CT molecular complexity index is 697. The molecule has 2 aromatic rings. The average Bonchev–Trinajstić information content (AvgIpc) is 2.60. The molecule has 4 nitrogen and oxygen atoms in total. The molecule has 1 amide bonds. The monoisotopic (exact) mass is 339 g/mol. The molecule has 0 spiro atoms. The summed E-state index contributed by atoms with van der Waals surface area (Å²) in [7, 11) is 0. The van der Waals surface area contributed by atoms with Crippen LogP contribution in [0.4, 0.5) is 0 Å². The molecule has 0 unspecified atom stereocenters. The topological polar surface area (TPSA) is 46.6 Å². The van der Waals surface area contributed by atoms with Gasteiger partial charge in [0.2, 0.25) is 5.91 Å². The molecule has 0 fully saturated rings. The summed E-state index contributed by atoms with van der Waals surface area (Å²) < 4.78 is 5.01. The van der Waals surface area contributed by atoms with Crippen LogP contribution in [0, 0.1) is 6.92 Å². The Labute approximate surface area is 149 Å². The molecule has 0 aliphatic heterocycles. The van der Waals surface area contributed by atoms with Crippen LogP contribution >= 0.6 is 0 Å². The molecular weight excluding hydrogens is 314 g/mol. The van der Waals surface area contributed by atoms with Gasteiger partial charge in [0.25, 0.3) is 0 Å². The predicted octanol–water partition coefficient (Wildman–Crippen LogP) is 3.52. The fraction of sp³-hybridized carbons (Fsp3) is 0.333. The van der Waals surface area contributed by atoms with E-state index >= 15 is 0 Å². The molecule has 25 heavy (non-hydrogen) atoms. The van der Waals surface area contributed by atoms with Crippen LogP contribution in [-0.4, -0.2) is 29.9 Å². The van der Waals surface area contributed by atoms with Gasteiger partial charge in [-0.05, 0) is 31.4 Å². The maximum atomic E-state index is 12.7. The lowest BCUT2D eigenvalue weighted by molar-refractivity contribution is -0.149. The minimum atomic E-state index is -0.373. The van der Waals surface area contributed by atoms with Gasteiger partial charge >= 0.3 is 5.97 Å². The maximum absolute atomic E-state index is 12.7. The molecule has 4 heteroatoms. The van der Waals surface area contributed by atoms with Crippen LogP contribution < -0.4 is 0 Å². The smallest absolute Gasteiger partial charge is 0.325 e. The van der Waals surface area contributed by atoms with Crippen molar-refractivity contribution in [3.05, 3.63) is 71.3 Å². The number of hydrogen-bond acceptors (Lipinski definition) is 3. The lowest BCUT2D eigenvalue weighted by Crippen LogP contribution is -2.36. The van der Waals surface area contributed by atoms with Crippen molar-refractivity contribution in [2.75, 3.05) is 13.2 Å². The molecule has 0 radical (unpaired) electrons. The molecule has 0 N–H and O–H groups in total. The van der Waals surface area contributed by atoms with Crippen molar-refractivity contribution in [1.82, 2.24) is 4.90 Å². The molecule has 0 saturated carbocycles. The van der Waals surface area contributed by atoms with E-state index in [1.54, 1.807) is 11.8 Å². The molecule has 0 aromatic heterocycles. The van der Waals surface area contributed by atoms with Crippen LogP contribution in [0.2, 0.25) is 0 Å². The molecule has 0 aliphatic rings. The van der Waals surface area contributed by atoms with E-state index in [0.717, 1.165) is 11.1 Å². The van der Waals surface area contributed by atoms with Gasteiger partial charge in [-0.3, -0.25) is 9.59 Å². The van der Waals surface area contributed by atoms with E-state index in [9.17, 15) is 9.59 Å². The van der Waals surface area contributed by atoms with Crippen molar-refractivity contribution in [3.8, 4) is 0 Å². The summed E-state index contributed by atoms with van der Waals surface area (Å²) in [5, 5.41) is 0. The second-order valence-electron chi connectivity index (χ2n) is 6.03. The third-order valence-electron chi connectivity index (χ3n) is 3.90. The number of ether oxygens (including phenoxy) is 1. The molecular formula is C21H25NO3. The fourth-order valence-electron chi connectivity index (χ4n) is 2.68. The highest BCUT2D eigenvalue weighted by molar-refractivity contribution is 5.82. The zero-order chi connectivity index (χ0) is 18.1. The number of nitrogens with zero attached hydrogens (tertiary/aromatic N) is 1. The number of amides is 1. The third kappa shape index (κ3) is 6.42. The lowest BCUT2D eigenvalue weighted by Gasteiger charge is -2.22. The Hall–Kier alpha value is -2.62. The number of benzene rings is 2. The standard InChI is InChI=1S/C21H25NO3/c1-3-25-21(24)16-22(15-19-9-5-4-6-10-19)20(23)13-12-18-11-7-8-17(2)14-18/h4-11,14H,3,12-13,15-16H2,1-2H3. The normalized spacial score (nSPS) is 10.3. The van der Waals surface area contributed by atoms with Gasteiger partial charge in [-0.15, -0.1) is 0 Å². The van der Waals surface area contributed by atoms with Crippen LogP contribution in [0.1, 0.15) is 30.0 Å². The zero-order valence-electron chi connectivity index (χ0n) is 14.9. The summed E-state index contributed by atoms with van der Waals surface area (Å²) in [6.07, 6.45) is 1.03. The van der Waals surface area contributed by atoms with Gasteiger partial charge in [-0.2, -0.15) is 0 Å². The summed E-state index contributed by atoms with van der Waals surface area (Å²) in [6.45, 7) is 4.50. The highest BCUT2D eigenvalue weighted by Crippen LogP contribution is 2.11. The van der Waals surface area contributed by atoms with Crippen LogP contribution in [-0.2, 0) is 27.3 Å². The minimum absolute atomic E-state index is 0.0185. The van der Waals surface area contributed by atoms with Crippen LogP contribution in [0.3, 0.4) is 0 Å². The van der Waals surface area contributed by atoms with Gasteiger partial charge in [0.05, 0.1) is 6.61 Å². The summed E-state index contributed by atoms with van der Waals surface area (Å²) >= 11 is 0. The Kier molecular flexibility index (Phi) is 7.20. The van der Waals surface area contributed by atoms with Crippen LogP contribution in [0.25, 0.3) is 0 Å². The summed E-state index contributed by atoms with van der Waals surface area (Å²) in [5.74, 6) is -0.416. The third-order valence-corrected chi connectivity index (χ3v) is 3.90. The predicted molar refractivity (Wildman–Crippen MR) is 98.0 cm³/mol. The van der Waals surface area contributed by atoms with Crippen molar-refractivity contribution >= 4 is 11.9 Å². The molecule has 0 saturated heterocycles. The van der Waals surface area contributed by atoms with Gasteiger partial charge in [0, 0.05) is 13.0 Å². The molecule has 0 heterocycles. The van der Waals surface area contributed by atoms with Gasteiger partial charge in [-0.1, -0.05) is 60.2 Å². The first-order chi connectivity index (χ1) is 12.1. The Morgan fingerprint density at radius 1 is 1.00 bits per heavy atom. The van der Waals surface area contributed by atoms with Crippen molar-refractivity contribution in [3.63, 3.8) is 0 Å².